The Morgan fingerprint density at radius 2 is 1.00 bits per heavy atom. The van der Waals surface area contributed by atoms with E-state index in [9.17, 15) is 4.79 Å². The number of unbranched alkanes of at least 4 members (excludes halogenated alkanes) is 2. The molecule has 29 heavy (non-hydrogen) atoms. The largest absolute Gasteiger partial charge is 0.463 e. The van der Waals surface area contributed by atoms with Crippen molar-refractivity contribution in [2.45, 2.75) is 59.3 Å². The third-order valence-electron chi connectivity index (χ3n) is 4.33. The van der Waals surface area contributed by atoms with Crippen molar-refractivity contribution in [3.05, 3.63) is 0 Å². The van der Waals surface area contributed by atoms with Crippen molar-refractivity contribution in [2.24, 2.45) is 5.92 Å². The third kappa shape index (κ3) is 20.3. The van der Waals surface area contributed by atoms with Crippen LogP contribution in [0.3, 0.4) is 0 Å². The van der Waals surface area contributed by atoms with E-state index in [2.05, 4.69) is 13.8 Å². The molecule has 0 saturated heterocycles. The van der Waals surface area contributed by atoms with E-state index in [1.165, 1.54) is 0 Å². The van der Waals surface area contributed by atoms with Gasteiger partial charge in [0.05, 0.1) is 65.4 Å². The lowest BCUT2D eigenvalue weighted by molar-refractivity contribution is -0.150. The van der Waals surface area contributed by atoms with Crippen LogP contribution in [0.2, 0.25) is 0 Å². The maximum absolute atomic E-state index is 11.9. The van der Waals surface area contributed by atoms with E-state index in [-0.39, 0.29) is 11.9 Å². The second-order valence-electron chi connectivity index (χ2n) is 6.83. The van der Waals surface area contributed by atoms with E-state index in [1.807, 2.05) is 6.92 Å². The van der Waals surface area contributed by atoms with Crippen molar-refractivity contribution < 1.29 is 33.2 Å². The predicted octanol–water partition coefficient (Wildman–Crippen LogP) is 3.63. The summed E-state index contributed by atoms with van der Waals surface area (Å²) in [6, 6.07) is 0. The van der Waals surface area contributed by atoms with Crippen LogP contribution in [-0.4, -0.2) is 78.6 Å². The molecule has 0 amide bonds. The lowest BCUT2D eigenvalue weighted by Gasteiger charge is -2.13. The second-order valence-corrected chi connectivity index (χ2v) is 6.83. The molecule has 0 aliphatic heterocycles. The van der Waals surface area contributed by atoms with Gasteiger partial charge in [0, 0.05) is 6.61 Å². The van der Waals surface area contributed by atoms with Gasteiger partial charge in [-0.25, -0.2) is 0 Å². The molecule has 0 rings (SSSR count). The molecule has 174 valence electrons. The first-order valence-electron chi connectivity index (χ1n) is 11.3. The van der Waals surface area contributed by atoms with E-state index >= 15 is 0 Å². The zero-order valence-electron chi connectivity index (χ0n) is 19.0. The zero-order valence-corrected chi connectivity index (χ0v) is 19.0. The Bertz CT molecular complexity index is 339. The van der Waals surface area contributed by atoms with Crippen molar-refractivity contribution in [1.82, 2.24) is 0 Å². The Morgan fingerprint density at radius 3 is 1.41 bits per heavy atom. The van der Waals surface area contributed by atoms with Gasteiger partial charge in [-0.15, -0.1) is 0 Å². The molecule has 0 spiro atoms. The minimum atomic E-state index is -0.106. The van der Waals surface area contributed by atoms with Gasteiger partial charge >= 0.3 is 5.97 Å². The standard InChI is InChI=1S/C22H44O7/c1-4-7-9-21(6-3)22(23)29-20-19-28-18-17-27-16-15-26-14-13-25-12-11-24-10-8-5-2/h21H,4-20H2,1-3H3. The fourth-order valence-corrected chi connectivity index (χ4v) is 2.49. The summed E-state index contributed by atoms with van der Waals surface area (Å²) in [5, 5.41) is 0. The average molecular weight is 421 g/mol. The van der Waals surface area contributed by atoms with Crippen LogP contribution >= 0.6 is 0 Å². The first kappa shape index (κ1) is 28.3. The maximum atomic E-state index is 11.9. The molecule has 7 nitrogen and oxygen atoms in total. The highest BCUT2D eigenvalue weighted by Gasteiger charge is 2.16. The molecule has 0 heterocycles. The number of hydrogen-bond acceptors (Lipinski definition) is 7. The molecular weight excluding hydrogens is 376 g/mol. The summed E-state index contributed by atoms with van der Waals surface area (Å²) in [5.41, 5.74) is 0. The van der Waals surface area contributed by atoms with E-state index in [4.69, 9.17) is 28.4 Å². The quantitative estimate of drug-likeness (QED) is 0.185. The summed E-state index contributed by atoms with van der Waals surface area (Å²) in [7, 11) is 0. The van der Waals surface area contributed by atoms with Gasteiger partial charge in [-0.1, -0.05) is 40.0 Å². The molecule has 0 fully saturated rings. The summed E-state index contributed by atoms with van der Waals surface area (Å²) in [6.07, 6.45) is 6.14. The van der Waals surface area contributed by atoms with Gasteiger partial charge in [-0.3, -0.25) is 4.79 Å². The number of esters is 1. The van der Waals surface area contributed by atoms with Gasteiger partial charge in [0.15, 0.2) is 0 Å². The summed E-state index contributed by atoms with van der Waals surface area (Å²) < 4.78 is 32.3. The number of carbonyl (C=O) groups excluding carboxylic acids is 1. The molecule has 1 unspecified atom stereocenters. The van der Waals surface area contributed by atoms with Crippen molar-refractivity contribution in [1.29, 1.82) is 0 Å². The SMILES string of the molecule is CCCCOCCOCCOCCOCCOCCOC(=O)C(CC)CCCC. The first-order chi connectivity index (χ1) is 14.3. The molecule has 0 aliphatic rings. The van der Waals surface area contributed by atoms with Crippen LogP contribution in [0.4, 0.5) is 0 Å². The third-order valence-corrected chi connectivity index (χ3v) is 4.33. The van der Waals surface area contributed by atoms with Gasteiger partial charge < -0.3 is 28.4 Å². The number of ether oxygens (including phenoxy) is 6. The molecule has 0 radical (unpaired) electrons. The van der Waals surface area contributed by atoms with E-state index in [0.29, 0.717) is 66.1 Å². The van der Waals surface area contributed by atoms with Crippen molar-refractivity contribution >= 4 is 5.97 Å². The highest BCUT2D eigenvalue weighted by atomic mass is 16.6. The minimum absolute atomic E-state index is 0.0165. The fourth-order valence-electron chi connectivity index (χ4n) is 2.49. The van der Waals surface area contributed by atoms with E-state index in [0.717, 1.165) is 45.1 Å². The topological polar surface area (TPSA) is 72.5 Å². The Labute approximate surface area is 177 Å². The molecular formula is C22H44O7. The molecule has 7 heteroatoms. The molecule has 0 saturated carbocycles. The van der Waals surface area contributed by atoms with Crippen LogP contribution < -0.4 is 0 Å². The van der Waals surface area contributed by atoms with Gasteiger partial charge in [-0.2, -0.15) is 0 Å². The van der Waals surface area contributed by atoms with E-state index in [1.54, 1.807) is 0 Å². The summed E-state index contributed by atoms with van der Waals surface area (Å²) >= 11 is 0. The molecule has 0 aromatic carbocycles. The van der Waals surface area contributed by atoms with Gasteiger partial charge in [0.2, 0.25) is 0 Å². The maximum Gasteiger partial charge on any atom is 0.308 e. The monoisotopic (exact) mass is 420 g/mol. The molecule has 0 aromatic heterocycles. The predicted molar refractivity (Wildman–Crippen MR) is 113 cm³/mol. The van der Waals surface area contributed by atoms with Crippen LogP contribution in [0.25, 0.3) is 0 Å². The Balaban J connectivity index is 3.23. The first-order valence-corrected chi connectivity index (χ1v) is 11.3. The van der Waals surface area contributed by atoms with Crippen molar-refractivity contribution in [3.63, 3.8) is 0 Å². The summed E-state index contributed by atoms with van der Waals surface area (Å²) in [4.78, 5) is 11.9. The number of rotatable bonds is 23. The lowest BCUT2D eigenvalue weighted by Crippen LogP contribution is -2.20. The smallest absolute Gasteiger partial charge is 0.308 e. The average Bonchev–Trinajstić information content (AvgIpc) is 2.73. The Morgan fingerprint density at radius 1 is 0.586 bits per heavy atom. The normalized spacial score (nSPS) is 12.2. The van der Waals surface area contributed by atoms with E-state index < -0.39 is 0 Å². The Kier molecular flexibility index (Phi) is 23.0. The zero-order chi connectivity index (χ0) is 21.4. The van der Waals surface area contributed by atoms with Gasteiger partial charge in [0.25, 0.3) is 0 Å². The van der Waals surface area contributed by atoms with Crippen LogP contribution in [0.1, 0.15) is 59.3 Å². The molecule has 0 N–H and O–H groups in total. The van der Waals surface area contributed by atoms with Crippen LogP contribution in [0.5, 0.6) is 0 Å². The van der Waals surface area contributed by atoms with Crippen molar-refractivity contribution in [2.75, 3.05) is 72.7 Å². The molecule has 0 aliphatic carbocycles. The Hall–Kier alpha value is -0.730. The minimum Gasteiger partial charge on any atom is -0.463 e. The molecule has 0 aromatic rings. The van der Waals surface area contributed by atoms with Crippen LogP contribution in [-0.2, 0) is 33.2 Å². The molecule has 1 atom stereocenters. The van der Waals surface area contributed by atoms with Crippen molar-refractivity contribution in [3.8, 4) is 0 Å². The fraction of sp³-hybridized carbons (Fsp3) is 0.955. The summed E-state index contributed by atoms with van der Waals surface area (Å²) in [5.74, 6) is -0.0891. The van der Waals surface area contributed by atoms with Gasteiger partial charge in [-0.05, 0) is 19.3 Å². The lowest BCUT2D eigenvalue weighted by atomic mass is 10.00. The highest BCUT2D eigenvalue weighted by Crippen LogP contribution is 2.14. The summed E-state index contributed by atoms with van der Waals surface area (Å²) in [6.45, 7) is 12.2. The van der Waals surface area contributed by atoms with Crippen LogP contribution in [0, 0.1) is 5.92 Å². The number of hydrogen-bond donors (Lipinski definition) is 0. The van der Waals surface area contributed by atoms with Crippen LogP contribution in [0.15, 0.2) is 0 Å². The second kappa shape index (κ2) is 23.5. The molecule has 0 bridgehead atoms. The van der Waals surface area contributed by atoms with Gasteiger partial charge in [0.1, 0.15) is 6.61 Å². The number of carbonyl (C=O) groups is 1. The highest BCUT2D eigenvalue weighted by molar-refractivity contribution is 5.72.